The molecule has 0 unspecified atom stereocenters. The molecule has 0 aliphatic rings. The van der Waals surface area contributed by atoms with E-state index in [1.807, 2.05) is 49.5 Å². The molecule has 0 atom stereocenters. The Hall–Kier alpha value is -3.87. The summed E-state index contributed by atoms with van der Waals surface area (Å²) in [6, 6.07) is 13.4. The number of aryl methyl sites for hydroxylation is 1. The third kappa shape index (κ3) is 4.83. The molecule has 0 saturated carbocycles. The fourth-order valence-corrected chi connectivity index (χ4v) is 3.46. The fraction of sp³-hybridized carbons (Fsp3) is 0.208. The van der Waals surface area contributed by atoms with E-state index in [1.165, 1.54) is 0 Å². The molecule has 3 heterocycles. The minimum Gasteiger partial charge on any atom is -0.497 e. The fourth-order valence-electron chi connectivity index (χ4n) is 3.46. The number of nitrogens with one attached hydrogen (secondary N) is 3. The largest absolute Gasteiger partial charge is 0.497 e. The van der Waals surface area contributed by atoms with Crippen LogP contribution in [-0.4, -0.2) is 34.5 Å². The van der Waals surface area contributed by atoms with Crippen molar-refractivity contribution in [3.63, 3.8) is 0 Å². The summed E-state index contributed by atoms with van der Waals surface area (Å²) in [7, 11) is 1.66. The van der Waals surface area contributed by atoms with Gasteiger partial charge in [0.2, 0.25) is 0 Å². The number of fused-ring (bicyclic) bond motifs is 1. The molecule has 7 heteroatoms. The first-order chi connectivity index (χ1) is 15.1. The Morgan fingerprint density at radius 2 is 2.10 bits per heavy atom. The van der Waals surface area contributed by atoms with Crippen LogP contribution in [0.4, 0.5) is 5.82 Å². The smallest absolute Gasteiger partial charge is 0.255 e. The van der Waals surface area contributed by atoms with Gasteiger partial charge in [0.05, 0.1) is 12.7 Å². The van der Waals surface area contributed by atoms with Gasteiger partial charge in [-0.2, -0.15) is 0 Å². The Morgan fingerprint density at radius 1 is 1.19 bits per heavy atom. The molecular formula is C24H25N5O2. The molecule has 0 bridgehead atoms. The molecule has 1 aromatic carbocycles. The van der Waals surface area contributed by atoms with Gasteiger partial charge in [-0.1, -0.05) is 6.07 Å². The van der Waals surface area contributed by atoms with Crippen LogP contribution in [0.1, 0.15) is 27.2 Å². The number of methoxy groups -OCH3 is 1. The third-order valence-electron chi connectivity index (χ3n) is 5.12. The number of anilines is 1. The predicted octanol–water partition coefficient (Wildman–Crippen LogP) is 3.86. The maximum atomic E-state index is 12.8. The Bertz CT molecular complexity index is 1190. The van der Waals surface area contributed by atoms with Crippen LogP contribution in [0, 0.1) is 6.92 Å². The molecule has 3 aromatic heterocycles. The number of aromatic amines is 1. The minimum absolute atomic E-state index is 0.154. The highest BCUT2D eigenvalue weighted by Gasteiger charge is 2.13. The van der Waals surface area contributed by atoms with E-state index in [1.54, 1.807) is 25.6 Å². The van der Waals surface area contributed by atoms with Crippen molar-refractivity contribution in [1.29, 1.82) is 0 Å². The number of pyridine rings is 2. The highest BCUT2D eigenvalue weighted by atomic mass is 16.5. The van der Waals surface area contributed by atoms with Crippen molar-refractivity contribution in [2.24, 2.45) is 0 Å². The lowest BCUT2D eigenvalue weighted by Crippen LogP contribution is -2.27. The Kier molecular flexibility index (Phi) is 6.12. The molecule has 0 aliphatic heterocycles. The molecule has 4 rings (SSSR count). The van der Waals surface area contributed by atoms with E-state index in [9.17, 15) is 4.79 Å². The normalized spacial score (nSPS) is 10.8. The third-order valence-corrected chi connectivity index (χ3v) is 5.12. The van der Waals surface area contributed by atoms with Gasteiger partial charge in [0.15, 0.2) is 0 Å². The van der Waals surface area contributed by atoms with Crippen LogP contribution in [-0.2, 0) is 13.0 Å². The van der Waals surface area contributed by atoms with E-state index < -0.39 is 0 Å². The summed E-state index contributed by atoms with van der Waals surface area (Å²) >= 11 is 0. The van der Waals surface area contributed by atoms with Gasteiger partial charge in [-0.3, -0.25) is 9.78 Å². The first kappa shape index (κ1) is 20.4. The molecule has 0 saturated heterocycles. The molecule has 0 spiro atoms. The van der Waals surface area contributed by atoms with Gasteiger partial charge in [-0.25, -0.2) is 4.98 Å². The van der Waals surface area contributed by atoms with Gasteiger partial charge < -0.3 is 20.4 Å². The van der Waals surface area contributed by atoms with Crippen molar-refractivity contribution in [3.05, 3.63) is 83.4 Å². The number of aromatic nitrogens is 3. The molecule has 0 fully saturated rings. The van der Waals surface area contributed by atoms with Gasteiger partial charge in [0.25, 0.3) is 5.91 Å². The van der Waals surface area contributed by atoms with Crippen molar-refractivity contribution >= 4 is 22.6 Å². The number of hydrogen-bond donors (Lipinski definition) is 3. The van der Waals surface area contributed by atoms with Gasteiger partial charge in [0.1, 0.15) is 11.6 Å². The van der Waals surface area contributed by atoms with Crippen molar-refractivity contribution in [3.8, 4) is 5.75 Å². The molecule has 4 aromatic rings. The van der Waals surface area contributed by atoms with E-state index in [2.05, 4.69) is 25.6 Å². The summed E-state index contributed by atoms with van der Waals surface area (Å²) in [5.41, 5.74) is 4.57. The van der Waals surface area contributed by atoms with Crippen LogP contribution in [0.2, 0.25) is 0 Å². The highest BCUT2D eigenvalue weighted by molar-refractivity contribution is 5.98. The van der Waals surface area contributed by atoms with E-state index in [-0.39, 0.29) is 5.91 Å². The molecule has 7 nitrogen and oxygen atoms in total. The second kappa shape index (κ2) is 9.30. The summed E-state index contributed by atoms with van der Waals surface area (Å²) in [6.45, 7) is 2.96. The van der Waals surface area contributed by atoms with E-state index in [0.29, 0.717) is 30.9 Å². The topological polar surface area (TPSA) is 91.9 Å². The summed E-state index contributed by atoms with van der Waals surface area (Å²) in [6.07, 6.45) is 6.21. The average Bonchev–Trinajstić information content (AvgIpc) is 3.20. The summed E-state index contributed by atoms with van der Waals surface area (Å²) < 4.78 is 5.32. The number of H-pyrrole nitrogens is 1. The van der Waals surface area contributed by atoms with E-state index >= 15 is 0 Å². The van der Waals surface area contributed by atoms with Crippen LogP contribution in [0.5, 0.6) is 5.75 Å². The SMILES string of the molecule is COc1ccc2[nH]cc(CCNC(=O)c3ccc(C)nc3NCc3cccnc3)c2c1. The number of benzene rings is 1. The number of rotatable bonds is 8. The van der Waals surface area contributed by atoms with Crippen molar-refractivity contribution in [1.82, 2.24) is 20.3 Å². The zero-order valence-corrected chi connectivity index (χ0v) is 17.6. The second-order valence-electron chi connectivity index (χ2n) is 7.29. The maximum Gasteiger partial charge on any atom is 0.255 e. The number of amides is 1. The summed E-state index contributed by atoms with van der Waals surface area (Å²) in [4.78, 5) is 24.7. The van der Waals surface area contributed by atoms with Gasteiger partial charge >= 0.3 is 0 Å². The van der Waals surface area contributed by atoms with Crippen molar-refractivity contribution < 1.29 is 9.53 Å². The Balaban J connectivity index is 1.42. The number of hydrogen-bond acceptors (Lipinski definition) is 5. The zero-order valence-electron chi connectivity index (χ0n) is 17.6. The lowest BCUT2D eigenvalue weighted by molar-refractivity contribution is 0.0954. The molecule has 1 amide bonds. The number of carbonyl (C=O) groups is 1. The van der Waals surface area contributed by atoms with Crippen LogP contribution >= 0.6 is 0 Å². The first-order valence-corrected chi connectivity index (χ1v) is 10.2. The second-order valence-corrected chi connectivity index (χ2v) is 7.29. The van der Waals surface area contributed by atoms with E-state index in [0.717, 1.165) is 33.5 Å². The van der Waals surface area contributed by atoms with Crippen LogP contribution in [0.15, 0.2) is 61.1 Å². The summed E-state index contributed by atoms with van der Waals surface area (Å²) in [5, 5.41) is 7.37. The van der Waals surface area contributed by atoms with Crippen LogP contribution in [0.25, 0.3) is 10.9 Å². The number of ether oxygens (including phenoxy) is 1. The Morgan fingerprint density at radius 3 is 2.90 bits per heavy atom. The number of nitrogens with zero attached hydrogens (tertiary/aromatic N) is 2. The molecule has 0 radical (unpaired) electrons. The highest BCUT2D eigenvalue weighted by Crippen LogP contribution is 2.24. The molecular weight excluding hydrogens is 390 g/mol. The molecule has 158 valence electrons. The maximum absolute atomic E-state index is 12.8. The zero-order chi connectivity index (χ0) is 21.6. The standard InChI is InChI=1S/C24H25N5O2/c1-16-5-7-20(23(29-16)28-14-17-4-3-10-25-13-17)24(30)26-11-9-18-15-27-22-8-6-19(31-2)12-21(18)22/h3-8,10,12-13,15,27H,9,11,14H2,1-2H3,(H,26,30)(H,28,29). The Labute approximate surface area is 180 Å². The van der Waals surface area contributed by atoms with Crippen molar-refractivity contribution in [2.45, 2.75) is 19.9 Å². The number of carbonyl (C=O) groups excluding carboxylic acids is 1. The van der Waals surface area contributed by atoms with E-state index in [4.69, 9.17) is 4.74 Å². The lowest BCUT2D eigenvalue weighted by atomic mass is 10.1. The molecule has 31 heavy (non-hydrogen) atoms. The molecule has 3 N–H and O–H groups in total. The van der Waals surface area contributed by atoms with Gasteiger partial charge in [-0.15, -0.1) is 0 Å². The van der Waals surface area contributed by atoms with Gasteiger partial charge in [-0.05, 0) is 60.9 Å². The molecule has 0 aliphatic carbocycles. The monoisotopic (exact) mass is 415 g/mol. The lowest BCUT2D eigenvalue weighted by Gasteiger charge is -2.12. The predicted molar refractivity (Wildman–Crippen MR) is 121 cm³/mol. The summed E-state index contributed by atoms with van der Waals surface area (Å²) in [5.74, 6) is 1.23. The van der Waals surface area contributed by atoms with Crippen LogP contribution < -0.4 is 15.4 Å². The van der Waals surface area contributed by atoms with Gasteiger partial charge in [0, 0.05) is 48.3 Å². The van der Waals surface area contributed by atoms with Crippen molar-refractivity contribution in [2.75, 3.05) is 19.0 Å². The minimum atomic E-state index is -0.154. The first-order valence-electron chi connectivity index (χ1n) is 10.2. The quantitative estimate of drug-likeness (QED) is 0.406. The average molecular weight is 415 g/mol. The van der Waals surface area contributed by atoms with Crippen LogP contribution in [0.3, 0.4) is 0 Å².